The van der Waals surface area contributed by atoms with Crippen LogP contribution in [0.25, 0.3) is 0 Å². The highest BCUT2D eigenvalue weighted by Crippen LogP contribution is 2.27. The van der Waals surface area contributed by atoms with Crippen LogP contribution in [0.5, 0.6) is 0 Å². The van der Waals surface area contributed by atoms with E-state index < -0.39 is 0 Å². The lowest BCUT2D eigenvalue weighted by atomic mass is 9.82. The summed E-state index contributed by atoms with van der Waals surface area (Å²) < 4.78 is 0. The smallest absolute Gasteiger partial charge is 0.0172 e. The van der Waals surface area contributed by atoms with Gasteiger partial charge in [-0.3, -0.25) is 0 Å². The first-order valence-electron chi connectivity index (χ1n) is 4.65. The number of rotatable bonds is 4. The van der Waals surface area contributed by atoms with Crippen molar-refractivity contribution < 1.29 is 0 Å². The molecular formula is C11H22. The highest BCUT2D eigenvalue weighted by Gasteiger charge is 2.15. The first kappa shape index (κ1) is 10.7. The molecule has 0 rings (SSSR count). The zero-order chi connectivity index (χ0) is 8.91. The summed E-state index contributed by atoms with van der Waals surface area (Å²) in [6, 6.07) is 0. The molecule has 11 heavy (non-hydrogen) atoms. The van der Waals surface area contributed by atoms with Gasteiger partial charge in [0.15, 0.2) is 0 Å². The van der Waals surface area contributed by atoms with E-state index in [0.717, 1.165) is 5.92 Å². The second kappa shape index (κ2) is 4.58. The van der Waals surface area contributed by atoms with Gasteiger partial charge in [-0.1, -0.05) is 46.3 Å². The molecule has 0 N–H and O–H groups in total. The average Bonchev–Trinajstić information content (AvgIpc) is 1.86. The molecule has 0 amide bonds. The Kier molecular flexibility index (Phi) is 4.48. The van der Waals surface area contributed by atoms with Crippen molar-refractivity contribution in [2.45, 2.75) is 47.5 Å². The van der Waals surface area contributed by atoms with Crippen molar-refractivity contribution in [2.24, 2.45) is 11.3 Å². The average molecular weight is 154 g/mol. The normalized spacial score (nSPS) is 15.7. The minimum Gasteiger partial charge on any atom is -0.0911 e. The fraction of sp³-hybridized carbons (Fsp3) is 0.818. The monoisotopic (exact) mass is 154 g/mol. The first-order chi connectivity index (χ1) is 5.02. The summed E-state index contributed by atoms with van der Waals surface area (Å²) in [6.07, 6.45) is 7.05. The van der Waals surface area contributed by atoms with Crippen LogP contribution in [0.2, 0.25) is 0 Å². The van der Waals surface area contributed by atoms with Gasteiger partial charge >= 0.3 is 0 Å². The van der Waals surface area contributed by atoms with Gasteiger partial charge in [-0.2, -0.15) is 0 Å². The molecule has 0 aromatic rings. The molecule has 0 bridgehead atoms. The zero-order valence-corrected chi connectivity index (χ0v) is 8.65. The van der Waals surface area contributed by atoms with Gasteiger partial charge in [0.2, 0.25) is 0 Å². The van der Waals surface area contributed by atoms with Gasteiger partial charge in [0.1, 0.15) is 0 Å². The SMILES string of the molecule is CC=CC(C)(C)CC(C)CC. The van der Waals surface area contributed by atoms with E-state index in [1.165, 1.54) is 12.8 Å². The van der Waals surface area contributed by atoms with Gasteiger partial charge in [-0.15, -0.1) is 0 Å². The zero-order valence-electron chi connectivity index (χ0n) is 8.65. The standard InChI is InChI=1S/C11H22/c1-6-8-11(4,5)9-10(3)7-2/h6,8,10H,7,9H2,1-5H3. The molecule has 0 nitrogen and oxygen atoms in total. The number of hydrogen-bond donors (Lipinski definition) is 0. The van der Waals surface area contributed by atoms with Crippen LogP contribution in [-0.4, -0.2) is 0 Å². The van der Waals surface area contributed by atoms with Crippen LogP contribution in [0.1, 0.15) is 47.5 Å². The van der Waals surface area contributed by atoms with Crippen LogP contribution in [0.3, 0.4) is 0 Å². The summed E-state index contributed by atoms with van der Waals surface area (Å²) in [6.45, 7) is 11.3. The van der Waals surface area contributed by atoms with Gasteiger partial charge in [0, 0.05) is 0 Å². The van der Waals surface area contributed by atoms with Crippen molar-refractivity contribution in [3.63, 3.8) is 0 Å². The fourth-order valence-electron chi connectivity index (χ4n) is 1.56. The van der Waals surface area contributed by atoms with Crippen LogP contribution in [0.15, 0.2) is 12.2 Å². The van der Waals surface area contributed by atoms with Crippen molar-refractivity contribution in [2.75, 3.05) is 0 Å². The second-order valence-electron chi connectivity index (χ2n) is 4.21. The predicted molar refractivity (Wildman–Crippen MR) is 52.7 cm³/mol. The Bertz CT molecular complexity index is 120. The summed E-state index contributed by atoms with van der Waals surface area (Å²) >= 11 is 0. The molecule has 0 heterocycles. The topological polar surface area (TPSA) is 0 Å². The summed E-state index contributed by atoms with van der Waals surface area (Å²) in [5, 5.41) is 0. The predicted octanol–water partition coefficient (Wildman–Crippen LogP) is 4.02. The third-order valence-electron chi connectivity index (χ3n) is 2.19. The largest absolute Gasteiger partial charge is 0.0911 e. The second-order valence-corrected chi connectivity index (χ2v) is 4.21. The molecular weight excluding hydrogens is 132 g/mol. The maximum Gasteiger partial charge on any atom is -0.0172 e. The van der Waals surface area contributed by atoms with Crippen molar-refractivity contribution in [1.29, 1.82) is 0 Å². The highest BCUT2D eigenvalue weighted by atomic mass is 14.2. The Labute approximate surface area is 71.7 Å². The van der Waals surface area contributed by atoms with E-state index in [4.69, 9.17) is 0 Å². The Morgan fingerprint density at radius 2 is 1.91 bits per heavy atom. The van der Waals surface area contributed by atoms with E-state index in [1.807, 2.05) is 0 Å². The minimum absolute atomic E-state index is 0.393. The van der Waals surface area contributed by atoms with E-state index in [2.05, 4.69) is 46.8 Å². The maximum atomic E-state index is 2.32. The molecule has 0 aromatic carbocycles. The lowest BCUT2D eigenvalue weighted by Crippen LogP contribution is -2.11. The molecule has 0 aromatic heterocycles. The molecule has 0 saturated heterocycles. The fourth-order valence-corrected chi connectivity index (χ4v) is 1.56. The molecule has 0 saturated carbocycles. The summed E-state index contributed by atoms with van der Waals surface area (Å²) in [7, 11) is 0. The number of hydrogen-bond acceptors (Lipinski definition) is 0. The van der Waals surface area contributed by atoms with Crippen molar-refractivity contribution in [3.8, 4) is 0 Å². The molecule has 1 atom stereocenters. The molecule has 0 aliphatic heterocycles. The Morgan fingerprint density at radius 3 is 2.27 bits per heavy atom. The lowest BCUT2D eigenvalue weighted by Gasteiger charge is -2.23. The Morgan fingerprint density at radius 1 is 1.36 bits per heavy atom. The molecule has 1 unspecified atom stereocenters. The van der Waals surface area contributed by atoms with Gasteiger partial charge in [-0.25, -0.2) is 0 Å². The molecule has 0 fully saturated rings. The Balaban J connectivity index is 3.90. The molecule has 0 heteroatoms. The third kappa shape index (κ3) is 5.06. The quantitative estimate of drug-likeness (QED) is 0.536. The van der Waals surface area contributed by atoms with Crippen LogP contribution in [0.4, 0.5) is 0 Å². The van der Waals surface area contributed by atoms with E-state index in [9.17, 15) is 0 Å². The van der Waals surface area contributed by atoms with Gasteiger partial charge < -0.3 is 0 Å². The van der Waals surface area contributed by atoms with E-state index in [-0.39, 0.29) is 0 Å². The van der Waals surface area contributed by atoms with Crippen LogP contribution >= 0.6 is 0 Å². The summed E-state index contributed by atoms with van der Waals surface area (Å²) in [5.41, 5.74) is 0.393. The molecule has 0 aliphatic rings. The minimum atomic E-state index is 0.393. The van der Waals surface area contributed by atoms with Gasteiger partial charge in [-0.05, 0) is 24.7 Å². The third-order valence-corrected chi connectivity index (χ3v) is 2.19. The number of allylic oxidation sites excluding steroid dienone is 2. The Hall–Kier alpha value is -0.260. The van der Waals surface area contributed by atoms with Crippen molar-refractivity contribution in [1.82, 2.24) is 0 Å². The van der Waals surface area contributed by atoms with Crippen molar-refractivity contribution >= 4 is 0 Å². The summed E-state index contributed by atoms with van der Waals surface area (Å²) in [4.78, 5) is 0. The van der Waals surface area contributed by atoms with Crippen LogP contribution < -0.4 is 0 Å². The van der Waals surface area contributed by atoms with E-state index in [0.29, 0.717) is 5.41 Å². The van der Waals surface area contributed by atoms with Crippen molar-refractivity contribution in [3.05, 3.63) is 12.2 Å². The highest BCUT2D eigenvalue weighted by molar-refractivity contribution is 4.93. The summed E-state index contributed by atoms with van der Waals surface area (Å²) in [5.74, 6) is 0.848. The lowest BCUT2D eigenvalue weighted by molar-refractivity contribution is 0.342. The van der Waals surface area contributed by atoms with Gasteiger partial charge in [0.25, 0.3) is 0 Å². The van der Waals surface area contributed by atoms with E-state index in [1.54, 1.807) is 0 Å². The molecule has 66 valence electrons. The van der Waals surface area contributed by atoms with Gasteiger partial charge in [0.05, 0.1) is 0 Å². The maximum absolute atomic E-state index is 2.32. The van der Waals surface area contributed by atoms with Crippen LogP contribution in [-0.2, 0) is 0 Å². The molecule has 0 radical (unpaired) electrons. The molecule has 0 aliphatic carbocycles. The van der Waals surface area contributed by atoms with Crippen LogP contribution in [0, 0.1) is 11.3 Å². The molecule has 0 spiro atoms. The van der Waals surface area contributed by atoms with E-state index >= 15 is 0 Å². The first-order valence-corrected chi connectivity index (χ1v) is 4.65.